The van der Waals surface area contributed by atoms with Crippen LogP contribution >= 0.6 is 0 Å². The highest BCUT2D eigenvalue weighted by molar-refractivity contribution is 5.09. The van der Waals surface area contributed by atoms with Crippen molar-refractivity contribution in [2.24, 2.45) is 0 Å². The predicted octanol–water partition coefficient (Wildman–Crippen LogP) is 2.70. The first-order chi connectivity index (χ1) is 6.74. The van der Waals surface area contributed by atoms with Gasteiger partial charge in [-0.3, -0.25) is 4.98 Å². The van der Waals surface area contributed by atoms with Gasteiger partial charge in [0, 0.05) is 12.2 Å². The van der Waals surface area contributed by atoms with E-state index in [-0.39, 0.29) is 0 Å². The van der Waals surface area contributed by atoms with Gasteiger partial charge in [0.25, 0.3) is 0 Å². The Balaban J connectivity index is 2.58. The average Bonchev–Trinajstić information content (AvgIpc) is 2.20. The number of pyridine rings is 1. The number of hydrogen-bond donors (Lipinski definition) is 1. The molecule has 1 unspecified atom stereocenters. The van der Waals surface area contributed by atoms with E-state index in [2.05, 4.69) is 29.9 Å². The van der Waals surface area contributed by atoms with Gasteiger partial charge in [-0.1, -0.05) is 11.6 Å². The third-order valence-electron chi connectivity index (χ3n) is 2.25. The van der Waals surface area contributed by atoms with E-state index in [0.29, 0.717) is 6.04 Å². The van der Waals surface area contributed by atoms with E-state index in [1.807, 2.05) is 25.4 Å². The van der Waals surface area contributed by atoms with E-state index in [9.17, 15) is 0 Å². The van der Waals surface area contributed by atoms with Crippen LogP contribution in [0.25, 0.3) is 0 Å². The zero-order valence-corrected chi connectivity index (χ0v) is 8.96. The summed E-state index contributed by atoms with van der Waals surface area (Å²) in [7, 11) is 1.97. The largest absolute Gasteiger partial charge is 0.312 e. The molecule has 0 aliphatic heterocycles. The minimum absolute atomic E-state index is 0.341. The minimum atomic E-state index is 0.341. The standard InChI is InChI=1S/C12H18N2/c1-10(2)7-8-11(13-3)12-6-4-5-9-14-12/h4-6,9,11,13H,1,7-8H2,2-3H3. The van der Waals surface area contributed by atoms with E-state index >= 15 is 0 Å². The maximum absolute atomic E-state index is 4.34. The Hall–Kier alpha value is -1.15. The molecule has 0 aromatic carbocycles. The topological polar surface area (TPSA) is 24.9 Å². The van der Waals surface area contributed by atoms with Crippen LogP contribution in [-0.4, -0.2) is 12.0 Å². The van der Waals surface area contributed by atoms with E-state index < -0.39 is 0 Å². The molecular formula is C12H18N2. The van der Waals surface area contributed by atoms with Crippen molar-refractivity contribution in [1.29, 1.82) is 0 Å². The molecule has 0 aliphatic rings. The molecule has 1 atom stereocenters. The number of nitrogens with zero attached hydrogens (tertiary/aromatic N) is 1. The second kappa shape index (κ2) is 5.55. The predicted molar refractivity (Wildman–Crippen MR) is 60.1 cm³/mol. The molecule has 0 bridgehead atoms. The second-order valence-corrected chi connectivity index (χ2v) is 3.59. The van der Waals surface area contributed by atoms with Crippen molar-refractivity contribution in [3.8, 4) is 0 Å². The lowest BCUT2D eigenvalue weighted by Gasteiger charge is -2.15. The fourth-order valence-corrected chi connectivity index (χ4v) is 1.41. The molecule has 2 heteroatoms. The molecule has 0 spiro atoms. The van der Waals surface area contributed by atoms with Crippen molar-refractivity contribution < 1.29 is 0 Å². The smallest absolute Gasteiger partial charge is 0.0573 e. The maximum Gasteiger partial charge on any atom is 0.0573 e. The molecule has 76 valence electrons. The van der Waals surface area contributed by atoms with E-state index in [1.165, 1.54) is 5.57 Å². The normalized spacial score (nSPS) is 12.4. The first-order valence-electron chi connectivity index (χ1n) is 4.96. The van der Waals surface area contributed by atoms with Crippen LogP contribution in [0.3, 0.4) is 0 Å². The van der Waals surface area contributed by atoms with E-state index in [4.69, 9.17) is 0 Å². The lowest BCUT2D eigenvalue weighted by Crippen LogP contribution is -2.17. The summed E-state index contributed by atoms with van der Waals surface area (Å²) in [6.07, 6.45) is 3.94. The van der Waals surface area contributed by atoms with Crippen LogP contribution < -0.4 is 5.32 Å². The number of allylic oxidation sites excluding steroid dienone is 1. The molecule has 14 heavy (non-hydrogen) atoms. The molecule has 1 aromatic rings. The first-order valence-corrected chi connectivity index (χ1v) is 4.96. The molecule has 1 rings (SSSR count). The van der Waals surface area contributed by atoms with Crippen LogP contribution in [0, 0.1) is 0 Å². The third-order valence-corrected chi connectivity index (χ3v) is 2.25. The van der Waals surface area contributed by atoms with Crippen molar-refractivity contribution in [3.05, 3.63) is 42.2 Å². The van der Waals surface area contributed by atoms with Gasteiger partial charge in [-0.25, -0.2) is 0 Å². The molecule has 1 heterocycles. The number of aromatic nitrogens is 1. The Labute approximate surface area is 86.1 Å². The summed E-state index contributed by atoms with van der Waals surface area (Å²) < 4.78 is 0. The van der Waals surface area contributed by atoms with Gasteiger partial charge in [0.15, 0.2) is 0 Å². The molecule has 0 amide bonds. The summed E-state index contributed by atoms with van der Waals surface area (Å²) in [6, 6.07) is 6.36. The quantitative estimate of drug-likeness (QED) is 0.722. The molecule has 0 radical (unpaired) electrons. The lowest BCUT2D eigenvalue weighted by atomic mass is 10.0. The summed E-state index contributed by atoms with van der Waals surface area (Å²) in [4.78, 5) is 4.34. The Morgan fingerprint density at radius 2 is 2.36 bits per heavy atom. The first kappa shape index (κ1) is 10.9. The van der Waals surface area contributed by atoms with Gasteiger partial charge in [0.2, 0.25) is 0 Å². The number of nitrogens with one attached hydrogen (secondary N) is 1. The van der Waals surface area contributed by atoms with Crippen LogP contribution in [0.2, 0.25) is 0 Å². The van der Waals surface area contributed by atoms with Crippen molar-refractivity contribution in [1.82, 2.24) is 10.3 Å². The fourth-order valence-electron chi connectivity index (χ4n) is 1.41. The van der Waals surface area contributed by atoms with Crippen molar-refractivity contribution in [2.75, 3.05) is 7.05 Å². The van der Waals surface area contributed by atoms with Crippen LogP contribution in [0.1, 0.15) is 31.5 Å². The molecule has 0 fully saturated rings. The van der Waals surface area contributed by atoms with Crippen molar-refractivity contribution >= 4 is 0 Å². The summed E-state index contributed by atoms with van der Waals surface area (Å²) >= 11 is 0. The highest BCUT2D eigenvalue weighted by Crippen LogP contribution is 2.17. The van der Waals surface area contributed by atoms with Crippen LogP contribution in [0.4, 0.5) is 0 Å². The SMILES string of the molecule is C=C(C)CCC(NC)c1ccccn1. The second-order valence-electron chi connectivity index (χ2n) is 3.59. The van der Waals surface area contributed by atoms with Gasteiger partial charge in [0.1, 0.15) is 0 Å². The van der Waals surface area contributed by atoms with Gasteiger partial charge in [0.05, 0.1) is 5.69 Å². The Kier molecular flexibility index (Phi) is 4.33. The molecular weight excluding hydrogens is 172 g/mol. The van der Waals surface area contributed by atoms with Gasteiger partial charge >= 0.3 is 0 Å². The average molecular weight is 190 g/mol. The fraction of sp³-hybridized carbons (Fsp3) is 0.417. The van der Waals surface area contributed by atoms with Gasteiger partial charge in [-0.15, -0.1) is 6.58 Å². The third kappa shape index (κ3) is 3.30. The maximum atomic E-state index is 4.34. The molecule has 0 saturated heterocycles. The van der Waals surface area contributed by atoms with Crippen LogP contribution in [0.15, 0.2) is 36.5 Å². The van der Waals surface area contributed by atoms with Gasteiger partial charge in [-0.05, 0) is 38.9 Å². The number of rotatable bonds is 5. The zero-order chi connectivity index (χ0) is 10.4. The zero-order valence-electron chi connectivity index (χ0n) is 8.96. The van der Waals surface area contributed by atoms with Crippen molar-refractivity contribution in [2.45, 2.75) is 25.8 Å². The molecule has 0 saturated carbocycles. The highest BCUT2D eigenvalue weighted by Gasteiger charge is 2.08. The lowest BCUT2D eigenvalue weighted by molar-refractivity contribution is 0.535. The Morgan fingerprint density at radius 1 is 1.57 bits per heavy atom. The summed E-state index contributed by atoms with van der Waals surface area (Å²) in [6.45, 7) is 5.97. The summed E-state index contributed by atoms with van der Waals surface area (Å²) in [5.74, 6) is 0. The summed E-state index contributed by atoms with van der Waals surface area (Å²) in [5, 5.41) is 3.27. The van der Waals surface area contributed by atoms with Gasteiger partial charge in [-0.2, -0.15) is 0 Å². The van der Waals surface area contributed by atoms with Crippen LogP contribution in [0.5, 0.6) is 0 Å². The monoisotopic (exact) mass is 190 g/mol. The molecule has 2 nitrogen and oxygen atoms in total. The van der Waals surface area contributed by atoms with Crippen molar-refractivity contribution in [3.63, 3.8) is 0 Å². The molecule has 0 aliphatic carbocycles. The summed E-state index contributed by atoms with van der Waals surface area (Å²) in [5.41, 5.74) is 2.33. The number of hydrogen-bond acceptors (Lipinski definition) is 2. The van der Waals surface area contributed by atoms with E-state index in [0.717, 1.165) is 18.5 Å². The Morgan fingerprint density at radius 3 is 2.86 bits per heavy atom. The Bertz CT molecular complexity index is 280. The molecule has 1 aromatic heterocycles. The minimum Gasteiger partial charge on any atom is -0.312 e. The van der Waals surface area contributed by atoms with E-state index in [1.54, 1.807) is 0 Å². The van der Waals surface area contributed by atoms with Crippen LogP contribution in [-0.2, 0) is 0 Å². The van der Waals surface area contributed by atoms with Gasteiger partial charge < -0.3 is 5.32 Å². The molecule has 1 N–H and O–H groups in total. The highest BCUT2D eigenvalue weighted by atomic mass is 14.9.